The summed E-state index contributed by atoms with van der Waals surface area (Å²) in [5, 5.41) is 3.36. The first kappa shape index (κ1) is 13.2. The zero-order valence-electron chi connectivity index (χ0n) is 8.62. The van der Waals surface area contributed by atoms with Crippen LogP contribution in [-0.2, 0) is 0 Å². The standard InChI is InChI=1S/C9H21N3.ClH/c1-8(10)7-12(2)9-3-5-11-6-4-9;/h8-9,11H,3-7,10H2,1-2H3;1H. The van der Waals surface area contributed by atoms with Crippen molar-refractivity contribution in [2.45, 2.75) is 31.8 Å². The maximum atomic E-state index is 5.74. The van der Waals surface area contributed by atoms with Crippen molar-refractivity contribution >= 4 is 12.4 Å². The fraction of sp³-hybridized carbons (Fsp3) is 1.00. The number of nitrogens with one attached hydrogen (secondary N) is 1. The van der Waals surface area contributed by atoms with Crippen LogP contribution in [0.3, 0.4) is 0 Å². The van der Waals surface area contributed by atoms with Crippen LogP contribution >= 0.6 is 12.4 Å². The summed E-state index contributed by atoms with van der Waals surface area (Å²) in [5.41, 5.74) is 5.74. The van der Waals surface area contributed by atoms with Gasteiger partial charge in [0.1, 0.15) is 0 Å². The van der Waals surface area contributed by atoms with Crippen molar-refractivity contribution in [3.8, 4) is 0 Å². The van der Waals surface area contributed by atoms with Crippen LogP contribution in [0.15, 0.2) is 0 Å². The van der Waals surface area contributed by atoms with Gasteiger partial charge in [-0.2, -0.15) is 0 Å². The third-order valence-electron chi connectivity index (χ3n) is 2.51. The topological polar surface area (TPSA) is 41.3 Å². The molecular weight excluding hydrogens is 186 g/mol. The molecule has 13 heavy (non-hydrogen) atoms. The third-order valence-corrected chi connectivity index (χ3v) is 2.51. The summed E-state index contributed by atoms with van der Waals surface area (Å²) in [4.78, 5) is 2.39. The van der Waals surface area contributed by atoms with E-state index < -0.39 is 0 Å². The Hall–Kier alpha value is 0.170. The van der Waals surface area contributed by atoms with Crippen LogP contribution in [0.2, 0.25) is 0 Å². The first-order chi connectivity index (χ1) is 5.70. The number of nitrogens with two attached hydrogens (primary N) is 1. The van der Waals surface area contributed by atoms with Crippen molar-refractivity contribution in [2.24, 2.45) is 5.73 Å². The lowest BCUT2D eigenvalue weighted by atomic mass is 10.1. The quantitative estimate of drug-likeness (QED) is 0.706. The van der Waals surface area contributed by atoms with E-state index in [1.807, 2.05) is 0 Å². The van der Waals surface area contributed by atoms with E-state index in [1.165, 1.54) is 12.8 Å². The SMILES string of the molecule is CC(N)CN(C)C1CCNCC1.Cl. The molecule has 0 aromatic heterocycles. The predicted molar refractivity (Wildman–Crippen MR) is 59.4 cm³/mol. The molecule has 4 heteroatoms. The molecule has 1 rings (SSSR count). The summed E-state index contributed by atoms with van der Waals surface area (Å²) in [5.74, 6) is 0. The fourth-order valence-corrected chi connectivity index (χ4v) is 1.85. The fourth-order valence-electron chi connectivity index (χ4n) is 1.85. The minimum Gasteiger partial charge on any atom is -0.327 e. The van der Waals surface area contributed by atoms with Crippen molar-refractivity contribution < 1.29 is 0 Å². The van der Waals surface area contributed by atoms with Crippen LogP contribution in [0, 0.1) is 0 Å². The molecule has 0 bridgehead atoms. The van der Waals surface area contributed by atoms with Gasteiger partial charge in [0, 0.05) is 18.6 Å². The molecule has 1 saturated heterocycles. The van der Waals surface area contributed by atoms with Gasteiger partial charge in [0.15, 0.2) is 0 Å². The van der Waals surface area contributed by atoms with Crippen LogP contribution in [0.5, 0.6) is 0 Å². The van der Waals surface area contributed by atoms with E-state index in [2.05, 4.69) is 24.2 Å². The molecular formula is C9H22ClN3. The molecule has 1 unspecified atom stereocenters. The summed E-state index contributed by atoms with van der Waals surface area (Å²) in [6.07, 6.45) is 2.53. The summed E-state index contributed by atoms with van der Waals surface area (Å²) in [7, 11) is 2.18. The van der Waals surface area contributed by atoms with Crippen LogP contribution < -0.4 is 11.1 Å². The number of hydrogen-bond acceptors (Lipinski definition) is 3. The zero-order chi connectivity index (χ0) is 8.97. The second-order valence-corrected chi connectivity index (χ2v) is 3.90. The van der Waals surface area contributed by atoms with Gasteiger partial charge < -0.3 is 16.0 Å². The van der Waals surface area contributed by atoms with E-state index in [0.29, 0.717) is 6.04 Å². The molecule has 0 aromatic carbocycles. The second-order valence-electron chi connectivity index (χ2n) is 3.90. The van der Waals surface area contributed by atoms with Crippen LogP contribution in [0.1, 0.15) is 19.8 Å². The monoisotopic (exact) mass is 207 g/mol. The average molecular weight is 208 g/mol. The lowest BCUT2D eigenvalue weighted by molar-refractivity contribution is 0.192. The van der Waals surface area contributed by atoms with Gasteiger partial charge in [0.25, 0.3) is 0 Å². The molecule has 1 fully saturated rings. The minimum atomic E-state index is 0. The Morgan fingerprint density at radius 1 is 1.46 bits per heavy atom. The van der Waals surface area contributed by atoms with Crippen molar-refractivity contribution in [3.63, 3.8) is 0 Å². The molecule has 0 aliphatic carbocycles. The minimum absolute atomic E-state index is 0. The summed E-state index contributed by atoms with van der Waals surface area (Å²) < 4.78 is 0. The van der Waals surface area contributed by atoms with Gasteiger partial charge in [0.2, 0.25) is 0 Å². The van der Waals surface area contributed by atoms with Gasteiger partial charge >= 0.3 is 0 Å². The number of halogens is 1. The molecule has 0 saturated carbocycles. The van der Waals surface area contributed by atoms with E-state index in [-0.39, 0.29) is 12.4 Å². The molecule has 1 aliphatic heterocycles. The molecule has 80 valence electrons. The zero-order valence-corrected chi connectivity index (χ0v) is 9.44. The molecule has 0 spiro atoms. The summed E-state index contributed by atoms with van der Waals surface area (Å²) in [6.45, 7) is 5.41. The van der Waals surface area contributed by atoms with Crippen LogP contribution in [-0.4, -0.2) is 43.7 Å². The predicted octanol–water partition coefficient (Wildman–Crippen LogP) is 0.439. The lowest BCUT2D eigenvalue weighted by Gasteiger charge is -2.32. The van der Waals surface area contributed by atoms with Crippen molar-refractivity contribution in [1.29, 1.82) is 0 Å². The van der Waals surface area contributed by atoms with E-state index in [1.54, 1.807) is 0 Å². The second kappa shape index (κ2) is 6.60. The Morgan fingerprint density at radius 3 is 2.46 bits per heavy atom. The van der Waals surface area contributed by atoms with Gasteiger partial charge in [0.05, 0.1) is 0 Å². The van der Waals surface area contributed by atoms with Crippen molar-refractivity contribution in [3.05, 3.63) is 0 Å². The number of nitrogens with zero attached hydrogens (tertiary/aromatic N) is 1. The van der Waals surface area contributed by atoms with E-state index in [4.69, 9.17) is 5.73 Å². The first-order valence-electron chi connectivity index (χ1n) is 4.86. The van der Waals surface area contributed by atoms with E-state index in [9.17, 15) is 0 Å². The van der Waals surface area contributed by atoms with Crippen molar-refractivity contribution in [2.75, 3.05) is 26.7 Å². The van der Waals surface area contributed by atoms with Gasteiger partial charge in [-0.1, -0.05) is 0 Å². The summed E-state index contributed by atoms with van der Waals surface area (Å²) >= 11 is 0. The molecule has 0 radical (unpaired) electrons. The number of rotatable bonds is 3. The molecule has 1 atom stereocenters. The average Bonchev–Trinajstić information content (AvgIpc) is 2.05. The molecule has 3 N–H and O–H groups in total. The normalized spacial score (nSPS) is 21.2. The van der Waals surface area contributed by atoms with E-state index in [0.717, 1.165) is 25.7 Å². The Balaban J connectivity index is 0.00000144. The molecule has 0 aromatic rings. The highest BCUT2D eigenvalue weighted by atomic mass is 35.5. The molecule has 1 aliphatic rings. The van der Waals surface area contributed by atoms with Gasteiger partial charge in [-0.3, -0.25) is 0 Å². The third kappa shape index (κ3) is 4.81. The highest BCUT2D eigenvalue weighted by Crippen LogP contribution is 2.09. The summed E-state index contributed by atoms with van der Waals surface area (Å²) in [6, 6.07) is 1.04. The number of hydrogen-bond donors (Lipinski definition) is 2. The largest absolute Gasteiger partial charge is 0.327 e. The van der Waals surface area contributed by atoms with Crippen molar-refractivity contribution in [1.82, 2.24) is 10.2 Å². The number of piperidine rings is 1. The Bertz CT molecular complexity index is 124. The molecule has 1 heterocycles. The Labute approximate surface area is 87.5 Å². The van der Waals surface area contributed by atoms with Crippen LogP contribution in [0.4, 0.5) is 0 Å². The maximum absolute atomic E-state index is 5.74. The van der Waals surface area contributed by atoms with Gasteiger partial charge in [-0.25, -0.2) is 0 Å². The van der Waals surface area contributed by atoms with Crippen LogP contribution in [0.25, 0.3) is 0 Å². The maximum Gasteiger partial charge on any atom is 0.0139 e. The molecule has 3 nitrogen and oxygen atoms in total. The highest BCUT2D eigenvalue weighted by Gasteiger charge is 2.17. The number of likely N-dealkylation sites (N-methyl/N-ethyl adjacent to an activating group) is 1. The van der Waals surface area contributed by atoms with E-state index >= 15 is 0 Å². The Morgan fingerprint density at radius 2 is 2.00 bits per heavy atom. The van der Waals surface area contributed by atoms with Gasteiger partial charge in [-0.15, -0.1) is 12.4 Å². The lowest BCUT2D eigenvalue weighted by Crippen LogP contribution is -2.45. The highest BCUT2D eigenvalue weighted by molar-refractivity contribution is 5.85. The smallest absolute Gasteiger partial charge is 0.0139 e. The Kier molecular flexibility index (Phi) is 6.68. The first-order valence-corrected chi connectivity index (χ1v) is 4.86. The molecule has 0 amide bonds. The van der Waals surface area contributed by atoms with Gasteiger partial charge in [-0.05, 0) is 39.9 Å².